The summed E-state index contributed by atoms with van der Waals surface area (Å²) in [5, 5.41) is 16.3. The highest BCUT2D eigenvalue weighted by Crippen LogP contribution is 2.29. The van der Waals surface area contributed by atoms with Gasteiger partial charge in [-0.1, -0.05) is 13.8 Å². The van der Waals surface area contributed by atoms with Crippen molar-refractivity contribution in [3.8, 4) is 5.69 Å². The average Bonchev–Trinajstić information content (AvgIpc) is 2.99. The third kappa shape index (κ3) is 5.32. The zero-order valence-corrected chi connectivity index (χ0v) is 13.9. The number of rotatable bonds is 7. The van der Waals surface area contributed by atoms with Gasteiger partial charge in [0, 0.05) is 18.3 Å². The summed E-state index contributed by atoms with van der Waals surface area (Å²) in [7, 11) is 0. The number of aliphatic carboxylic acids is 1. The lowest BCUT2D eigenvalue weighted by Gasteiger charge is -2.15. The Labute approximate surface area is 143 Å². The number of benzene rings is 1. The molecule has 0 saturated carbocycles. The summed E-state index contributed by atoms with van der Waals surface area (Å²) in [4.78, 5) is 11.2. The van der Waals surface area contributed by atoms with Gasteiger partial charge in [-0.3, -0.25) is 4.79 Å². The van der Waals surface area contributed by atoms with E-state index in [-0.39, 0.29) is 5.92 Å². The number of carbonyl (C=O) groups is 1. The van der Waals surface area contributed by atoms with Gasteiger partial charge in [-0.15, -0.1) is 0 Å². The van der Waals surface area contributed by atoms with Crippen LogP contribution in [-0.2, 0) is 17.5 Å². The molecule has 0 saturated heterocycles. The smallest absolute Gasteiger partial charge is 0.416 e. The minimum absolute atomic E-state index is 0.239. The number of hydrogen-bond acceptors (Lipinski definition) is 3. The SMILES string of the molecule is CC(C)C[C@@H](NCc1cnn(-c2ccc(C(F)(F)F)cc2)c1)C(=O)O. The molecule has 0 fully saturated rings. The molecule has 136 valence electrons. The molecule has 0 bridgehead atoms. The second-order valence-corrected chi connectivity index (χ2v) is 6.24. The Morgan fingerprint density at radius 1 is 1.28 bits per heavy atom. The third-order valence-electron chi connectivity index (χ3n) is 3.65. The molecule has 0 unspecified atom stereocenters. The van der Waals surface area contributed by atoms with Crippen molar-refractivity contribution in [2.24, 2.45) is 5.92 Å². The van der Waals surface area contributed by atoms with Crippen LogP contribution in [0.4, 0.5) is 13.2 Å². The molecule has 1 heterocycles. The molecule has 0 aliphatic heterocycles. The zero-order chi connectivity index (χ0) is 18.6. The van der Waals surface area contributed by atoms with Gasteiger partial charge in [-0.2, -0.15) is 18.3 Å². The molecule has 0 aliphatic rings. The lowest BCUT2D eigenvalue weighted by atomic mass is 10.0. The average molecular weight is 355 g/mol. The minimum Gasteiger partial charge on any atom is -0.480 e. The predicted molar refractivity (Wildman–Crippen MR) is 86.3 cm³/mol. The van der Waals surface area contributed by atoms with Gasteiger partial charge in [-0.05, 0) is 36.6 Å². The molecule has 5 nitrogen and oxygen atoms in total. The van der Waals surface area contributed by atoms with Gasteiger partial charge >= 0.3 is 12.1 Å². The number of aromatic nitrogens is 2. The Morgan fingerprint density at radius 2 is 1.92 bits per heavy atom. The predicted octanol–water partition coefficient (Wildman–Crippen LogP) is 3.48. The van der Waals surface area contributed by atoms with Crippen LogP contribution >= 0.6 is 0 Å². The highest BCUT2D eigenvalue weighted by atomic mass is 19.4. The van der Waals surface area contributed by atoms with Crippen molar-refractivity contribution in [3.63, 3.8) is 0 Å². The van der Waals surface area contributed by atoms with Crippen LogP contribution in [0.25, 0.3) is 5.69 Å². The van der Waals surface area contributed by atoms with E-state index in [1.807, 2.05) is 13.8 Å². The van der Waals surface area contributed by atoms with E-state index in [1.54, 1.807) is 12.4 Å². The van der Waals surface area contributed by atoms with E-state index >= 15 is 0 Å². The number of nitrogens with one attached hydrogen (secondary N) is 1. The topological polar surface area (TPSA) is 67.2 Å². The molecule has 0 aliphatic carbocycles. The van der Waals surface area contributed by atoms with Crippen LogP contribution in [0.3, 0.4) is 0 Å². The molecular weight excluding hydrogens is 335 g/mol. The van der Waals surface area contributed by atoms with Gasteiger partial charge in [0.05, 0.1) is 17.4 Å². The second kappa shape index (κ2) is 7.69. The Morgan fingerprint density at radius 3 is 2.44 bits per heavy atom. The maximum absolute atomic E-state index is 12.6. The molecule has 0 radical (unpaired) electrons. The molecule has 2 aromatic rings. The number of nitrogens with zero attached hydrogens (tertiary/aromatic N) is 2. The lowest BCUT2D eigenvalue weighted by Crippen LogP contribution is -2.37. The Hall–Kier alpha value is -2.35. The van der Waals surface area contributed by atoms with E-state index in [9.17, 15) is 23.1 Å². The van der Waals surface area contributed by atoms with E-state index in [4.69, 9.17) is 0 Å². The molecule has 0 amide bonds. The van der Waals surface area contributed by atoms with Crippen LogP contribution in [0.2, 0.25) is 0 Å². The van der Waals surface area contributed by atoms with E-state index in [1.165, 1.54) is 16.8 Å². The van der Waals surface area contributed by atoms with E-state index in [2.05, 4.69) is 10.4 Å². The fourth-order valence-electron chi connectivity index (χ4n) is 2.38. The minimum atomic E-state index is -4.38. The van der Waals surface area contributed by atoms with Crippen LogP contribution < -0.4 is 5.32 Å². The molecule has 8 heteroatoms. The van der Waals surface area contributed by atoms with Crippen LogP contribution in [0.15, 0.2) is 36.7 Å². The number of halogens is 3. The summed E-state index contributed by atoms with van der Waals surface area (Å²) in [6.07, 6.45) is -0.662. The van der Waals surface area contributed by atoms with E-state index < -0.39 is 23.8 Å². The summed E-state index contributed by atoms with van der Waals surface area (Å²) in [6.45, 7) is 4.20. The fraction of sp³-hybridized carbons (Fsp3) is 0.412. The molecule has 2 rings (SSSR count). The van der Waals surface area contributed by atoms with Crippen molar-refractivity contribution in [1.29, 1.82) is 0 Å². The molecule has 25 heavy (non-hydrogen) atoms. The second-order valence-electron chi connectivity index (χ2n) is 6.24. The van der Waals surface area contributed by atoms with Crippen molar-refractivity contribution < 1.29 is 23.1 Å². The van der Waals surface area contributed by atoms with Gasteiger partial charge in [0.25, 0.3) is 0 Å². The molecule has 0 spiro atoms. The van der Waals surface area contributed by atoms with Crippen LogP contribution in [-0.4, -0.2) is 26.9 Å². The number of hydrogen-bond donors (Lipinski definition) is 2. The maximum atomic E-state index is 12.6. The van der Waals surface area contributed by atoms with Crippen LogP contribution in [0.1, 0.15) is 31.4 Å². The van der Waals surface area contributed by atoms with Crippen LogP contribution in [0, 0.1) is 5.92 Å². The van der Waals surface area contributed by atoms with Gasteiger partial charge in [0.1, 0.15) is 6.04 Å². The number of alkyl halides is 3. The summed E-state index contributed by atoms with van der Waals surface area (Å²) < 4.78 is 39.2. The van der Waals surface area contributed by atoms with Crippen molar-refractivity contribution in [1.82, 2.24) is 15.1 Å². The first-order valence-corrected chi connectivity index (χ1v) is 7.84. The van der Waals surface area contributed by atoms with Gasteiger partial charge in [-0.25, -0.2) is 4.68 Å². The Kier molecular flexibility index (Phi) is 5.84. The van der Waals surface area contributed by atoms with Crippen molar-refractivity contribution >= 4 is 5.97 Å². The number of carboxylic acids is 1. The summed E-state index contributed by atoms with van der Waals surface area (Å²) in [6, 6.07) is 4.02. The first-order valence-electron chi connectivity index (χ1n) is 7.84. The molecule has 1 aromatic heterocycles. The summed E-state index contributed by atoms with van der Waals surface area (Å²) in [5.74, 6) is -0.674. The van der Waals surface area contributed by atoms with Gasteiger partial charge in [0.15, 0.2) is 0 Å². The quantitative estimate of drug-likeness (QED) is 0.798. The first kappa shape index (κ1) is 19.0. The monoisotopic (exact) mass is 355 g/mol. The Balaban J connectivity index is 2.03. The van der Waals surface area contributed by atoms with Crippen molar-refractivity contribution in [2.45, 2.75) is 39.0 Å². The number of carboxylic acid groups (broad SMARTS) is 1. The highest BCUT2D eigenvalue weighted by molar-refractivity contribution is 5.73. The molecule has 1 aromatic carbocycles. The van der Waals surface area contributed by atoms with Gasteiger partial charge in [0.2, 0.25) is 0 Å². The summed E-state index contributed by atoms with van der Waals surface area (Å²) >= 11 is 0. The summed E-state index contributed by atoms with van der Waals surface area (Å²) in [5.41, 5.74) is 0.523. The third-order valence-corrected chi connectivity index (χ3v) is 3.65. The van der Waals surface area contributed by atoms with Crippen molar-refractivity contribution in [3.05, 3.63) is 47.8 Å². The zero-order valence-electron chi connectivity index (χ0n) is 13.9. The van der Waals surface area contributed by atoms with Gasteiger partial charge < -0.3 is 10.4 Å². The first-order chi connectivity index (χ1) is 11.7. The van der Waals surface area contributed by atoms with Crippen molar-refractivity contribution in [2.75, 3.05) is 0 Å². The standard InChI is InChI=1S/C17H20F3N3O2/c1-11(2)7-15(16(24)25)21-8-12-9-22-23(10-12)14-5-3-13(4-6-14)17(18,19)20/h3-6,9-11,15,21H,7-8H2,1-2H3,(H,24,25)/t15-/m1/s1. The largest absolute Gasteiger partial charge is 0.480 e. The maximum Gasteiger partial charge on any atom is 0.416 e. The van der Waals surface area contributed by atoms with E-state index in [0.29, 0.717) is 18.7 Å². The lowest BCUT2D eigenvalue weighted by molar-refractivity contribution is -0.140. The fourth-order valence-corrected chi connectivity index (χ4v) is 2.38. The van der Waals surface area contributed by atoms with Crippen LogP contribution in [0.5, 0.6) is 0 Å². The van der Waals surface area contributed by atoms with E-state index in [0.717, 1.165) is 17.7 Å². The Bertz CT molecular complexity index is 709. The normalized spacial score (nSPS) is 13.2. The molecule has 2 N–H and O–H groups in total. The highest BCUT2D eigenvalue weighted by Gasteiger charge is 2.30. The molecular formula is C17H20F3N3O2. The molecule has 1 atom stereocenters.